The second-order valence-corrected chi connectivity index (χ2v) is 6.51. The minimum atomic E-state index is -0.718. The average Bonchev–Trinajstić information content (AvgIpc) is 2.70. The highest BCUT2D eigenvalue weighted by atomic mass is 16.5. The fraction of sp³-hybridized carbons (Fsp3) is 0.273. The van der Waals surface area contributed by atoms with Gasteiger partial charge in [0.05, 0.1) is 12.5 Å². The molecule has 2 aromatic carbocycles. The molecule has 0 aromatic heterocycles. The Labute approximate surface area is 169 Å². The highest BCUT2D eigenvalue weighted by molar-refractivity contribution is 5.97. The molecule has 0 unspecified atom stereocenters. The first kappa shape index (κ1) is 21.6. The maximum Gasteiger partial charge on any atom is 0.325 e. The Morgan fingerprint density at radius 1 is 1.07 bits per heavy atom. The zero-order valence-electron chi connectivity index (χ0n) is 16.5. The van der Waals surface area contributed by atoms with Crippen molar-refractivity contribution < 1.29 is 19.1 Å². The van der Waals surface area contributed by atoms with Crippen LogP contribution in [-0.2, 0) is 14.3 Å². The molecular weight excluding hydrogens is 370 g/mol. The Morgan fingerprint density at radius 3 is 2.34 bits per heavy atom. The van der Waals surface area contributed by atoms with Crippen molar-refractivity contribution in [2.45, 2.75) is 20.3 Å². The Hall–Kier alpha value is -3.66. The molecule has 7 nitrogen and oxygen atoms in total. The summed E-state index contributed by atoms with van der Waals surface area (Å²) in [6.45, 7) is 3.14. The summed E-state index contributed by atoms with van der Waals surface area (Å²) in [7, 11) is 0. The van der Waals surface area contributed by atoms with Crippen LogP contribution < -0.4 is 10.2 Å². The number of carbonyl (C=O) groups is 3. The third-order valence-corrected chi connectivity index (χ3v) is 4.05. The van der Waals surface area contributed by atoms with Crippen molar-refractivity contribution in [1.29, 1.82) is 5.26 Å². The molecule has 7 heteroatoms. The monoisotopic (exact) mass is 393 g/mol. The summed E-state index contributed by atoms with van der Waals surface area (Å²) in [5.74, 6) is -1.55. The summed E-state index contributed by atoms with van der Waals surface area (Å²) < 4.78 is 4.99. The molecule has 0 bridgehead atoms. The molecule has 2 aromatic rings. The summed E-state index contributed by atoms with van der Waals surface area (Å²) in [5.41, 5.74) is 2.97. The molecule has 29 heavy (non-hydrogen) atoms. The van der Waals surface area contributed by atoms with Crippen LogP contribution in [0.25, 0.3) is 0 Å². The molecule has 0 radical (unpaired) electrons. The van der Waals surface area contributed by atoms with E-state index in [-0.39, 0.29) is 25.4 Å². The van der Waals surface area contributed by atoms with E-state index in [1.807, 2.05) is 32.0 Å². The van der Waals surface area contributed by atoms with Gasteiger partial charge in [0.1, 0.15) is 6.54 Å². The molecule has 0 aliphatic carbocycles. The number of aryl methyl sites for hydroxylation is 2. The topological polar surface area (TPSA) is 99.5 Å². The molecule has 0 fully saturated rings. The summed E-state index contributed by atoms with van der Waals surface area (Å²) in [6, 6.07) is 16.2. The van der Waals surface area contributed by atoms with Gasteiger partial charge in [-0.05, 0) is 38.1 Å². The van der Waals surface area contributed by atoms with Crippen molar-refractivity contribution in [3.63, 3.8) is 0 Å². The molecule has 150 valence electrons. The minimum absolute atomic E-state index is 0.153. The number of nitrogens with zero attached hydrogens (tertiary/aromatic N) is 2. The molecule has 1 N–H and O–H groups in total. The quantitative estimate of drug-likeness (QED) is 0.695. The number of carbonyl (C=O) groups excluding carboxylic acids is 3. The molecule has 0 aliphatic rings. The molecule has 0 saturated carbocycles. The number of para-hydroxylation sites is 1. The molecule has 0 spiro atoms. The van der Waals surface area contributed by atoms with Gasteiger partial charge in [0, 0.05) is 17.8 Å². The van der Waals surface area contributed by atoms with Gasteiger partial charge in [0.15, 0.2) is 6.61 Å². The van der Waals surface area contributed by atoms with Crippen LogP contribution in [0.1, 0.15) is 27.9 Å². The fourth-order valence-electron chi connectivity index (χ4n) is 2.80. The van der Waals surface area contributed by atoms with Crippen LogP contribution in [0.4, 0.5) is 5.69 Å². The first-order chi connectivity index (χ1) is 13.9. The second-order valence-electron chi connectivity index (χ2n) is 6.51. The zero-order chi connectivity index (χ0) is 21.2. The SMILES string of the molecule is Cc1cc(C)cc(C(=O)NCC(=O)OCC(=O)N(CCC#N)c2ccccc2)c1. The van der Waals surface area contributed by atoms with Crippen molar-refractivity contribution in [3.8, 4) is 6.07 Å². The number of amides is 2. The van der Waals surface area contributed by atoms with E-state index in [2.05, 4.69) is 5.32 Å². The molecule has 0 atom stereocenters. The second kappa shape index (κ2) is 10.6. The zero-order valence-corrected chi connectivity index (χ0v) is 16.5. The highest BCUT2D eigenvalue weighted by Crippen LogP contribution is 2.14. The summed E-state index contributed by atoms with van der Waals surface area (Å²) in [6.07, 6.45) is 0.153. The van der Waals surface area contributed by atoms with E-state index in [1.165, 1.54) is 4.90 Å². The summed E-state index contributed by atoms with van der Waals surface area (Å²) in [4.78, 5) is 37.9. The van der Waals surface area contributed by atoms with Crippen molar-refractivity contribution >= 4 is 23.5 Å². The predicted molar refractivity (Wildman–Crippen MR) is 108 cm³/mol. The largest absolute Gasteiger partial charge is 0.454 e. The van der Waals surface area contributed by atoms with E-state index in [1.54, 1.807) is 36.4 Å². The molecule has 2 rings (SSSR count). The van der Waals surface area contributed by atoms with Crippen molar-refractivity contribution in [2.24, 2.45) is 0 Å². The van der Waals surface area contributed by atoms with E-state index in [9.17, 15) is 14.4 Å². The third-order valence-electron chi connectivity index (χ3n) is 4.05. The van der Waals surface area contributed by atoms with Crippen LogP contribution in [-0.4, -0.2) is 37.5 Å². The summed E-state index contributed by atoms with van der Waals surface area (Å²) >= 11 is 0. The smallest absolute Gasteiger partial charge is 0.325 e. The Balaban J connectivity index is 1.87. The predicted octanol–water partition coefficient (Wildman–Crippen LogP) is 2.52. The van der Waals surface area contributed by atoms with Crippen molar-refractivity contribution in [3.05, 3.63) is 65.2 Å². The van der Waals surface area contributed by atoms with Gasteiger partial charge in [-0.3, -0.25) is 14.4 Å². The first-order valence-corrected chi connectivity index (χ1v) is 9.15. The van der Waals surface area contributed by atoms with E-state index in [0.717, 1.165) is 11.1 Å². The Morgan fingerprint density at radius 2 is 1.72 bits per heavy atom. The molecule has 0 aliphatic heterocycles. The lowest BCUT2D eigenvalue weighted by Crippen LogP contribution is -2.37. The van der Waals surface area contributed by atoms with Gasteiger partial charge in [-0.1, -0.05) is 35.4 Å². The fourth-order valence-corrected chi connectivity index (χ4v) is 2.80. The Bertz CT molecular complexity index is 899. The van der Waals surface area contributed by atoms with Gasteiger partial charge >= 0.3 is 5.97 Å². The standard InChI is InChI=1S/C22H23N3O4/c1-16-11-17(2)13-18(12-16)22(28)24-14-21(27)29-15-20(26)25(10-6-9-23)19-7-4-3-5-8-19/h3-5,7-8,11-13H,6,10,14-15H2,1-2H3,(H,24,28). The van der Waals surface area contributed by atoms with Gasteiger partial charge in [0.2, 0.25) is 0 Å². The summed E-state index contributed by atoms with van der Waals surface area (Å²) in [5, 5.41) is 11.3. The van der Waals surface area contributed by atoms with Crippen LogP contribution in [0.5, 0.6) is 0 Å². The van der Waals surface area contributed by atoms with E-state index in [4.69, 9.17) is 10.00 Å². The maximum absolute atomic E-state index is 12.4. The third kappa shape index (κ3) is 6.78. The number of esters is 1. The minimum Gasteiger partial charge on any atom is -0.454 e. The lowest BCUT2D eigenvalue weighted by molar-refractivity contribution is -0.146. The molecule has 0 heterocycles. The van der Waals surface area contributed by atoms with Crippen LogP contribution in [0.3, 0.4) is 0 Å². The number of ether oxygens (including phenoxy) is 1. The lowest BCUT2D eigenvalue weighted by atomic mass is 10.1. The normalized spacial score (nSPS) is 9.97. The van der Waals surface area contributed by atoms with Crippen LogP contribution in [0.2, 0.25) is 0 Å². The van der Waals surface area contributed by atoms with E-state index < -0.39 is 18.5 Å². The highest BCUT2D eigenvalue weighted by Gasteiger charge is 2.18. The van der Waals surface area contributed by atoms with E-state index >= 15 is 0 Å². The number of hydrogen-bond acceptors (Lipinski definition) is 5. The Kier molecular flexibility index (Phi) is 7.92. The van der Waals surface area contributed by atoms with Gasteiger partial charge in [-0.15, -0.1) is 0 Å². The van der Waals surface area contributed by atoms with E-state index in [0.29, 0.717) is 11.3 Å². The number of hydrogen-bond donors (Lipinski definition) is 1. The van der Waals surface area contributed by atoms with Gasteiger partial charge in [0.25, 0.3) is 11.8 Å². The van der Waals surface area contributed by atoms with Gasteiger partial charge < -0.3 is 15.0 Å². The number of benzene rings is 2. The van der Waals surface area contributed by atoms with Crippen LogP contribution >= 0.6 is 0 Å². The maximum atomic E-state index is 12.4. The van der Waals surface area contributed by atoms with Crippen LogP contribution in [0, 0.1) is 25.2 Å². The van der Waals surface area contributed by atoms with Crippen LogP contribution in [0.15, 0.2) is 48.5 Å². The molecular formula is C22H23N3O4. The van der Waals surface area contributed by atoms with Gasteiger partial charge in [-0.25, -0.2) is 0 Å². The average molecular weight is 393 g/mol. The number of nitriles is 1. The van der Waals surface area contributed by atoms with Crippen molar-refractivity contribution in [2.75, 3.05) is 24.6 Å². The van der Waals surface area contributed by atoms with Gasteiger partial charge in [-0.2, -0.15) is 5.26 Å². The number of rotatable bonds is 8. The number of anilines is 1. The van der Waals surface area contributed by atoms with Crippen molar-refractivity contribution in [1.82, 2.24) is 5.32 Å². The lowest BCUT2D eigenvalue weighted by Gasteiger charge is -2.21. The first-order valence-electron chi connectivity index (χ1n) is 9.15. The number of nitrogens with one attached hydrogen (secondary N) is 1. The molecule has 0 saturated heterocycles. The molecule has 2 amide bonds.